The van der Waals surface area contributed by atoms with Crippen LogP contribution in [0, 0.1) is 12.3 Å². The van der Waals surface area contributed by atoms with Crippen molar-refractivity contribution < 1.29 is 9.59 Å². The van der Waals surface area contributed by atoms with Crippen LogP contribution in [0.5, 0.6) is 0 Å². The van der Waals surface area contributed by atoms with Crippen LogP contribution in [0.2, 0.25) is 0 Å². The molecule has 1 atom stereocenters. The number of hydrogen-bond acceptors (Lipinski definition) is 3. The summed E-state index contributed by atoms with van der Waals surface area (Å²) in [5, 5.41) is 10.1. The molecule has 0 spiro atoms. The number of H-pyrrole nitrogens is 1. The van der Waals surface area contributed by atoms with E-state index in [0.717, 1.165) is 49.1 Å². The second-order valence-electron chi connectivity index (χ2n) is 7.97. The van der Waals surface area contributed by atoms with E-state index in [-0.39, 0.29) is 17.9 Å². The second-order valence-corrected chi connectivity index (χ2v) is 7.97. The lowest BCUT2D eigenvalue weighted by Crippen LogP contribution is -2.55. The summed E-state index contributed by atoms with van der Waals surface area (Å²) in [6.45, 7) is 2.44. The highest BCUT2D eigenvalue weighted by atomic mass is 16.2. The molecule has 1 aliphatic heterocycles. The van der Waals surface area contributed by atoms with E-state index in [1.807, 2.05) is 11.8 Å². The van der Waals surface area contributed by atoms with Gasteiger partial charge in [0.1, 0.15) is 0 Å². The predicted molar refractivity (Wildman–Crippen MR) is 97.9 cm³/mol. The van der Waals surface area contributed by atoms with Gasteiger partial charge in [0, 0.05) is 36.0 Å². The third kappa shape index (κ3) is 2.85. The number of carbonyl (C=O) groups is 2. The zero-order valence-corrected chi connectivity index (χ0v) is 15.5. The fourth-order valence-corrected chi connectivity index (χ4v) is 4.93. The summed E-state index contributed by atoms with van der Waals surface area (Å²) in [6, 6.07) is 0.287. The van der Waals surface area contributed by atoms with Gasteiger partial charge in [0.2, 0.25) is 11.8 Å². The number of carbonyl (C=O) groups excluding carboxylic acids is 2. The molecule has 6 heteroatoms. The van der Waals surface area contributed by atoms with Crippen molar-refractivity contribution in [1.82, 2.24) is 20.4 Å². The highest BCUT2D eigenvalue weighted by Gasteiger charge is 2.51. The number of amides is 2. The maximum absolute atomic E-state index is 13.3. The van der Waals surface area contributed by atoms with Crippen LogP contribution >= 0.6 is 0 Å². The molecule has 1 saturated carbocycles. The second kappa shape index (κ2) is 6.89. The van der Waals surface area contributed by atoms with Crippen molar-refractivity contribution in [2.45, 2.75) is 77.3 Å². The highest BCUT2D eigenvalue weighted by Crippen LogP contribution is 2.49. The molecule has 1 aromatic heterocycles. The lowest BCUT2D eigenvalue weighted by molar-refractivity contribution is -0.142. The third-order valence-corrected chi connectivity index (χ3v) is 6.43. The first-order valence-electron chi connectivity index (χ1n) is 9.92. The number of piperidine rings is 1. The normalized spacial score (nSPS) is 26.6. The number of likely N-dealkylation sites (tertiary alicyclic amines) is 1. The van der Waals surface area contributed by atoms with E-state index in [2.05, 4.69) is 21.6 Å². The summed E-state index contributed by atoms with van der Waals surface area (Å²) < 4.78 is 0. The summed E-state index contributed by atoms with van der Waals surface area (Å²) in [6.07, 6.45) is 12.3. The lowest BCUT2D eigenvalue weighted by atomic mass is 9.68. The van der Waals surface area contributed by atoms with Crippen LogP contribution in [-0.2, 0) is 16.1 Å². The Balaban J connectivity index is 1.58. The van der Waals surface area contributed by atoms with Crippen LogP contribution in [-0.4, -0.2) is 33.0 Å². The minimum Gasteiger partial charge on any atom is -0.351 e. The molecule has 2 amide bonds. The standard InChI is InChI=1S/C20H28N4O2/c1-14-15(13-22-23-14)12-21-19(26)20-10-5-4-8-17(20)24(18(25)9-11-20)16-6-2-3-7-16/h8,13,16H,2-7,9-12H2,1H3,(H,21,26)(H,22,23). The van der Waals surface area contributed by atoms with E-state index < -0.39 is 5.41 Å². The minimum atomic E-state index is -0.535. The van der Waals surface area contributed by atoms with E-state index >= 15 is 0 Å². The quantitative estimate of drug-likeness (QED) is 0.871. The largest absolute Gasteiger partial charge is 0.351 e. The van der Waals surface area contributed by atoms with Gasteiger partial charge in [-0.3, -0.25) is 14.7 Å². The number of aromatic amines is 1. The molecule has 2 fully saturated rings. The van der Waals surface area contributed by atoms with Gasteiger partial charge in [-0.1, -0.05) is 18.9 Å². The SMILES string of the molecule is Cc1[nH]ncc1CNC(=O)C12CCCC=C1N(C1CCCC1)C(=O)CC2. The smallest absolute Gasteiger partial charge is 0.232 e. The molecule has 1 aromatic rings. The van der Waals surface area contributed by atoms with Gasteiger partial charge in [0.25, 0.3) is 0 Å². The Kier molecular flexibility index (Phi) is 4.59. The third-order valence-electron chi connectivity index (χ3n) is 6.43. The number of allylic oxidation sites excluding steroid dienone is 1. The molecule has 2 aliphatic carbocycles. The van der Waals surface area contributed by atoms with Gasteiger partial charge >= 0.3 is 0 Å². The molecule has 4 rings (SSSR count). The molecule has 26 heavy (non-hydrogen) atoms. The first-order valence-corrected chi connectivity index (χ1v) is 9.92. The Bertz CT molecular complexity index is 732. The number of nitrogens with one attached hydrogen (secondary N) is 2. The molecule has 0 bridgehead atoms. The van der Waals surface area contributed by atoms with Gasteiger partial charge < -0.3 is 10.2 Å². The summed E-state index contributed by atoms with van der Waals surface area (Å²) in [5.41, 5.74) is 2.45. The van der Waals surface area contributed by atoms with Crippen molar-refractivity contribution >= 4 is 11.8 Å². The van der Waals surface area contributed by atoms with Crippen LogP contribution in [0.25, 0.3) is 0 Å². The first-order chi connectivity index (χ1) is 12.6. The minimum absolute atomic E-state index is 0.0690. The Morgan fingerprint density at radius 1 is 1.35 bits per heavy atom. The molecule has 2 N–H and O–H groups in total. The number of aromatic nitrogens is 2. The maximum Gasteiger partial charge on any atom is 0.232 e. The molecule has 6 nitrogen and oxygen atoms in total. The van der Waals surface area contributed by atoms with Gasteiger partial charge in [-0.25, -0.2) is 0 Å². The zero-order valence-electron chi connectivity index (χ0n) is 15.5. The Morgan fingerprint density at radius 2 is 2.15 bits per heavy atom. The van der Waals surface area contributed by atoms with Crippen LogP contribution < -0.4 is 5.32 Å². The van der Waals surface area contributed by atoms with E-state index in [1.54, 1.807) is 6.20 Å². The lowest BCUT2D eigenvalue weighted by Gasteiger charge is -2.48. The van der Waals surface area contributed by atoms with Crippen LogP contribution in [0.15, 0.2) is 18.0 Å². The van der Waals surface area contributed by atoms with Gasteiger partial charge in [-0.15, -0.1) is 0 Å². The number of nitrogens with zero attached hydrogens (tertiary/aromatic N) is 2. The number of aryl methyl sites for hydroxylation is 1. The molecule has 1 unspecified atom stereocenters. The van der Waals surface area contributed by atoms with E-state index in [0.29, 0.717) is 19.4 Å². The summed E-state index contributed by atoms with van der Waals surface area (Å²) in [4.78, 5) is 28.1. The molecule has 2 heterocycles. The number of hydrogen-bond donors (Lipinski definition) is 2. The van der Waals surface area contributed by atoms with E-state index in [1.165, 1.54) is 12.8 Å². The van der Waals surface area contributed by atoms with E-state index in [4.69, 9.17) is 0 Å². The van der Waals surface area contributed by atoms with Gasteiger partial charge in [-0.05, 0) is 45.4 Å². The summed E-state index contributed by atoms with van der Waals surface area (Å²) in [5.74, 6) is 0.277. The Morgan fingerprint density at radius 3 is 2.88 bits per heavy atom. The molecular weight excluding hydrogens is 328 g/mol. The summed E-state index contributed by atoms with van der Waals surface area (Å²) >= 11 is 0. The van der Waals surface area contributed by atoms with Crippen molar-refractivity contribution in [3.8, 4) is 0 Å². The predicted octanol–water partition coefficient (Wildman–Crippen LogP) is 2.95. The zero-order chi connectivity index (χ0) is 18.1. The number of rotatable bonds is 4. The Hall–Kier alpha value is -2.11. The molecule has 140 valence electrons. The van der Waals surface area contributed by atoms with Crippen LogP contribution in [0.3, 0.4) is 0 Å². The summed E-state index contributed by atoms with van der Waals surface area (Å²) in [7, 11) is 0. The molecule has 3 aliphatic rings. The van der Waals surface area contributed by atoms with Crippen molar-refractivity contribution in [2.75, 3.05) is 0 Å². The first kappa shape index (κ1) is 17.3. The molecule has 1 saturated heterocycles. The van der Waals surface area contributed by atoms with Crippen LogP contribution in [0.1, 0.15) is 69.0 Å². The Labute approximate surface area is 154 Å². The van der Waals surface area contributed by atoms with Gasteiger partial charge in [0.15, 0.2) is 0 Å². The van der Waals surface area contributed by atoms with Crippen molar-refractivity contribution in [2.24, 2.45) is 5.41 Å². The fourth-order valence-electron chi connectivity index (χ4n) is 4.93. The highest BCUT2D eigenvalue weighted by molar-refractivity contribution is 5.91. The van der Waals surface area contributed by atoms with Crippen LogP contribution in [0.4, 0.5) is 0 Å². The molecule has 0 aromatic carbocycles. The monoisotopic (exact) mass is 356 g/mol. The topological polar surface area (TPSA) is 78.1 Å². The van der Waals surface area contributed by atoms with Crippen molar-refractivity contribution in [1.29, 1.82) is 0 Å². The van der Waals surface area contributed by atoms with Crippen molar-refractivity contribution in [3.05, 3.63) is 29.2 Å². The molecule has 0 radical (unpaired) electrons. The van der Waals surface area contributed by atoms with Gasteiger partial charge in [-0.2, -0.15) is 5.10 Å². The van der Waals surface area contributed by atoms with Crippen molar-refractivity contribution in [3.63, 3.8) is 0 Å². The maximum atomic E-state index is 13.3. The fraction of sp³-hybridized carbons (Fsp3) is 0.650. The average Bonchev–Trinajstić information content (AvgIpc) is 3.31. The van der Waals surface area contributed by atoms with Gasteiger partial charge in [0.05, 0.1) is 11.6 Å². The molecular formula is C20H28N4O2. The number of fused-ring (bicyclic) bond motifs is 1. The average molecular weight is 356 g/mol. The van der Waals surface area contributed by atoms with E-state index in [9.17, 15) is 9.59 Å².